The zero-order chi connectivity index (χ0) is 22.5. The minimum absolute atomic E-state index is 0.106. The Hall–Kier alpha value is -3.76. The van der Waals surface area contributed by atoms with Crippen LogP contribution in [0.2, 0.25) is 10.0 Å². The molecule has 0 aliphatic heterocycles. The van der Waals surface area contributed by atoms with Gasteiger partial charge in [0.2, 0.25) is 11.6 Å². The Balaban J connectivity index is 1.85. The minimum Gasteiger partial charge on any atom is -0.334 e. The number of Topliss-reactive ketones (excluding diaryl/α,β-unsaturated/α-hetero) is 1. The van der Waals surface area contributed by atoms with Crippen molar-refractivity contribution in [2.75, 3.05) is 10.7 Å². The number of aromatic nitrogens is 2. The normalized spacial score (nSPS) is 10.3. The topological polar surface area (TPSA) is 139 Å². The van der Waals surface area contributed by atoms with E-state index in [9.17, 15) is 19.7 Å². The highest BCUT2D eigenvalue weighted by Crippen LogP contribution is 2.31. The summed E-state index contributed by atoms with van der Waals surface area (Å²) in [6.07, 6.45) is 1.08. The first kappa shape index (κ1) is 21.9. The molecule has 0 aliphatic carbocycles. The first-order chi connectivity index (χ1) is 14.8. The van der Waals surface area contributed by atoms with Gasteiger partial charge in [-0.2, -0.15) is 0 Å². The maximum absolute atomic E-state index is 12.3. The molecule has 0 bridgehead atoms. The van der Waals surface area contributed by atoms with Gasteiger partial charge in [0.05, 0.1) is 15.5 Å². The largest absolute Gasteiger partial charge is 0.355 e. The van der Waals surface area contributed by atoms with E-state index >= 15 is 0 Å². The van der Waals surface area contributed by atoms with Crippen LogP contribution in [0, 0.1) is 10.1 Å². The lowest BCUT2D eigenvalue weighted by Crippen LogP contribution is -2.30. The number of hydrogen-bond acceptors (Lipinski definition) is 8. The molecule has 3 aromatic rings. The average Bonchev–Trinajstić information content (AvgIpc) is 2.72. The number of rotatable bonds is 7. The zero-order valence-corrected chi connectivity index (χ0v) is 17.4. The molecule has 31 heavy (non-hydrogen) atoms. The van der Waals surface area contributed by atoms with Crippen molar-refractivity contribution in [2.45, 2.75) is 6.92 Å². The molecular weight excluding hydrogens is 447 g/mol. The van der Waals surface area contributed by atoms with E-state index in [0.29, 0.717) is 16.3 Å². The van der Waals surface area contributed by atoms with E-state index in [0.717, 1.165) is 6.33 Å². The van der Waals surface area contributed by atoms with Crippen molar-refractivity contribution < 1.29 is 14.5 Å². The van der Waals surface area contributed by atoms with Gasteiger partial charge in [0.1, 0.15) is 6.33 Å². The number of benzene rings is 2. The third kappa shape index (κ3) is 5.24. The Morgan fingerprint density at radius 1 is 1.06 bits per heavy atom. The lowest BCUT2D eigenvalue weighted by Gasteiger charge is -2.12. The van der Waals surface area contributed by atoms with Gasteiger partial charge >= 0.3 is 5.69 Å². The van der Waals surface area contributed by atoms with Gasteiger partial charge in [-0.15, -0.1) is 0 Å². The Bertz CT molecular complexity index is 1190. The van der Waals surface area contributed by atoms with Gasteiger partial charge in [0, 0.05) is 16.3 Å². The molecule has 0 radical (unpaired) electrons. The summed E-state index contributed by atoms with van der Waals surface area (Å²) in [6.45, 7) is 1.41. The van der Waals surface area contributed by atoms with E-state index in [1.165, 1.54) is 31.2 Å². The number of halogens is 2. The van der Waals surface area contributed by atoms with Gasteiger partial charge in [-0.3, -0.25) is 30.6 Å². The van der Waals surface area contributed by atoms with Gasteiger partial charge in [-0.1, -0.05) is 35.3 Å². The summed E-state index contributed by atoms with van der Waals surface area (Å²) >= 11 is 11.8. The number of ketones is 1. The fourth-order valence-electron chi connectivity index (χ4n) is 2.54. The van der Waals surface area contributed by atoms with Crippen LogP contribution in [0.1, 0.15) is 27.6 Å². The van der Waals surface area contributed by atoms with E-state index in [-0.39, 0.29) is 28.0 Å². The van der Waals surface area contributed by atoms with Crippen LogP contribution in [-0.2, 0) is 0 Å². The molecular formula is C19H14Cl2N6O4. The quantitative estimate of drug-likeness (QED) is 0.267. The highest BCUT2D eigenvalue weighted by Gasteiger charge is 2.24. The number of carbonyl (C=O) groups excluding carboxylic acids is 2. The van der Waals surface area contributed by atoms with Crippen LogP contribution >= 0.6 is 23.2 Å². The Morgan fingerprint density at radius 2 is 1.81 bits per heavy atom. The standard InChI is InChI=1S/C19H14Cl2N6O4/c1-10(28)11-3-2-4-13(7-11)24-17-16(27(30)31)18(23-9-22-17)25-26-19(29)14-6-5-12(20)8-15(14)21/h2-9H,1H3,(H,26,29)(H2,22,23,24,25). The van der Waals surface area contributed by atoms with Crippen LogP contribution in [0.3, 0.4) is 0 Å². The monoisotopic (exact) mass is 460 g/mol. The highest BCUT2D eigenvalue weighted by molar-refractivity contribution is 6.36. The minimum atomic E-state index is -0.707. The Morgan fingerprint density at radius 3 is 2.48 bits per heavy atom. The first-order valence-electron chi connectivity index (χ1n) is 8.65. The number of nitrogens with one attached hydrogen (secondary N) is 3. The summed E-state index contributed by atoms with van der Waals surface area (Å²) in [5, 5.41) is 14.9. The molecule has 0 spiro atoms. The molecule has 12 heteroatoms. The van der Waals surface area contributed by atoms with Gasteiger partial charge in [-0.05, 0) is 37.3 Å². The van der Waals surface area contributed by atoms with Crippen molar-refractivity contribution in [1.82, 2.24) is 15.4 Å². The molecule has 1 amide bonds. The summed E-state index contributed by atoms with van der Waals surface area (Å²) in [7, 11) is 0. The Labute approximate surface area is 185 Å². The third-order valence-corrected chi connectivity index (χ3v) is 4.55. The number of nitrogens with zero attached hydrogens (tertiary/aromatic N) is 3. The molecule has 0 saturated heterocycles. The molecule has 0 saturated carbocycles. The zero-order valence-electron chi connectivity index (χ0n) is 15.8. The van der Waals surface area contributed by atoms with Crippen LogP contribution in [0.25, 0.3) is 0 Å². The first-order valence-corrected chi connectivity index (χ1v) is 9.40. The molecule has 1 heterocycles. The second kappa shape index (κ2) is 9.37. The smallest absolute Gasteiger partial charge is 0.334 e. The van der Waals surface area contributed by atoms with E-state index in [1.54, 1.807) is 18.2 Å². The summed E-state index contributed by atoms with van der Waals surface area (Å²) in [5.41, 5.74) is 5.14. The number of nitro groups is 1. The fraction of sp³-hybridized carbons (Fsp3) is 0.0526. The van der Waals surface area contributed by atoms with Crippen LogP contribution in [-0.4, -0.2) is 26.6 Å². The number of amides is 1. The predicted octanol–water partition coefficient (Wildman–Crippen LogP) is 4.39. The van der Waals surface area contributed by atoms with Crippen molar-refractivity contribution in [3.63, 3.8) is 0 Å². The molecule has 3 rings (SSSR count). The number of carbonyl (C=O) groups is 2. The van der Waals surface area contributed by atoms with Crippen molar-refractivity contribution in [3.05, 3.63) is 80.1 Å². The SMILES string of the molecule is CC(=O)c1cccc(Nc2ncnc(NNC(=O)c3ccc(Cl)cc3Cl)c2[N+](=O)[O-])c1. The Kier molecular flexibility index (Phi) is 6.63. The predicted molar refractivity (Wildman–Crippen MR) is 116 cm³/mol. The van der Waals surface area contributed by atoms with Crippen molar-refractivity contribution in [1.29, 1.82) is 0 Å². The van der Waals surface area contributed by atoms with E-state index < -0.39 is 16.5 Å². The maximum Gasteiger partial charge on any atom is 0.355 e. The van der Waals surface area contributed by atoms with Crippen molar-refractivity contribution >= 4 is 57.9 Å². The molecule has 0 unspecified atom stereocenters. The lowest BCUT2D eigenvalue weighted by molar-refractivity contribution is -0.383. The molecule has 1 aromatic heterocycles. The molecule has 158 valence electrons. The second-order valence-electron chi connectivity index (χ2n) is 6.14. The van der Waals surface area contributed by atoms with Gasteiger partial charge in [0.25, 0.3) is 5.91 Å². The van der Waals surface area contributed by atoms with Crippen molar-refractivity contribution in [2.24, 2.45) is 0 Å². The van der Waals surface area contributed by atoms with E-state index in [4.69, 9.17) is 23.2 Å². The summed E-state index contributed by atoms with van der Waals surface area (Å²) in [6, 6.07) is 10.7. The third-order valence-electron chi connectivity index (χ3n) is 4.01. The maximum atomic E-state index is 12.3. The van der Waals surface area contributed by atoms with Crippen LogP contribution < -0.4 is 16.2 Å². The highest BCUT2D eigenvalue weighted by atomic mass is 35.5. The molecule has 0 aliphatic rings. The summed E-state index contributed by atoms with van der Waals surface area (Å²) < 4.78 is 0. The average molecular weight is 461 g/mol. The van der Waals surface area contributed by atoms with Crippen molar-refractivity contribution in [3.8, 4) is 0 Å². The molecule has 2 aromatic carbocycles. The molecule has 10 nitrogen and oxygen atoms in total. The van der Waals surface area contributed by atoms with Crippen LogP contribution in [0.4, 0.5) is 23.0 Å². The molecule has 3 N–H and O–H groups in total. The molecule has 0 atom stereocenters. The molecule has 0 fully saturated rings. The van der Waals surface area contributed by atoms with Gasteiger partial charge in [0.15, 0.2) is 5.78 Å². The lowest BCUT2D eigenvalue weighted by atomic mass is 10.1. The van der Waals surface area contributed by atoms with E-state index in [1.807, 2.05) is 0 Å². The van der Waals surface area contributed by atoms with Crippen LogP contribution in [0.15, 0.2) is 48.8 Å². The summed E-state index contributed by atoms with van der Waals surface area (Å²) in [5.74, 6) is -1.21. The fourth-order valence-corrected chi connectivity index (χ4v) is 3.04. The number of hydrazine groups is 1. The van der Waals surface area contributed by atoms with E-state index in [2.05, 4.69) is 26.1 Å². The second-order valence-corrected chi connectivity index (χ2v) is 6.99. The summed E-state index contributed by atoms with van der Waals surface area (Å²) in [4.78, 5) is 42.6. The number of anilines is 3. The van der Waals surface area contributed by atoms with Crippen LogP contribution in [0.5, 0.6) is 0 Å². The van der Waals surface area contributed by atoms with Gasteiger partial charge < -0.3 is 5.32 Å². The number of hydrogen-bond donors (Lipinski definition) is 3. The van der Waals surface area contributed by atoms with Gasteiger partial charge in [-0.25, -0.2) is 9.97 Å².